The van der Waals surface area contributed by atoms with Crippen molar-refractivity contribution in [3.05, 3.63) is 91.0 Å². The minimum absolute atomic E-state index is 0.758. The van der Waals surface area contributed by atoms with Crippen molar-refractivity contribution in [2.75, 3.05) is 0 Å². The molecular weight excluding hydrogens is 374 g/mol. The van der Waals surface area contributed by atoms with Crippen LogP contribution < -0.4 is 15.9 Å². The standard InChI is InChI=1S/C23H22FO3P/c1-17(24)21(25)22(23(26)27)28(18-11-5-2-6-12-18,19-13-7-3-8-14-19)20-15-9-4-10-16-20/h2-17,22,28H,1H3,(H,26,27). The van der Waals surface area contributed by atoms with E-state index in [-0.39, 0.29) is 0 Å². The van der Waals surface area contributed by atoms with Crippen molar-refractivity contribution in [1.82, 2.24) is 0 Å². The van der Waals surface area contributed by atoms with Crippen LogP contribution in [0.25, 0.3) is 0 Å². The Morgan fingerprint density at radius 3 is 1.32 bits per heavy atom. The number of carboxylic acid groups (broad SMARTS) is 1. The van der Waals surface area contributed by atoms with Crippen LogP contribution in [0.1, 0.15) is 6.92 Å². The summed E-state index contributed by atoms with van der Waals surface area (Å²) >= 11 is 0. The van der Waals surface area contributed by atoms with Gasteiger partial charge in [0.05, 0.1) is 0 Å². The maximum absolute atomic E-state index is 14.2. The van der Waals surface area contributed by atoms with Crippen LogP contribution in [0.4, 0.5) is 4.39 Å². The van der Waals surface area contributed by atoms with Crippen LogP contribution in [0, 0.1) is 0 Å². The van der Waals surface area contributed by atoms with Crippen LogP contribution in [0.15, 0.2) is 91.0 Å². The molecule has 0 saturated carbocycles. The number of benzene rings is 3. The number of ketones is 1. The molecule has 0 heterocycles. The number of hydrogen-bond acceptors (Lipinski definition) is 2. The topological polar surface area (TPSA) is 54.4 Å². The molecule has 0 aliphatic rings. The van der Waals surface area contributed by atoms with Gasteiger partial charge in [-0.1, -0.05) is 0 Å². The van der Waals surface area contributed by atoms with Crippen molar-refractivity contribution in [1.29, 1.82) is 0 Å². The van der Waals surface area contributed by atoms with E-state index in [1.54, 1.807) is 0 Å². The van der Waals surface area contributed by atoms with E-state index in [0.717, 1.165) is 22.8 Å². The normalized spacial score (nSPS) is 14.1. The predicted octanol–water partition coefficient (Wildman–Crippen LogP) is 3.09. The Labute approximate surface area is 164 Å². The monoisotopic (exact) mass is 396 g/mol. The van der Waals surface area contributed by atoms with Crippen LogP contribution in [0.3, 0.4) is 0 Å². The summed E-state index contributed by atoms with van der Waals surface area (Å²) in [5.41, 5.74) is -1.49. The quantitative estimate of drug-likeness (QED) is 0.493. The zero-order valence-electron chi connectivity index (χ0n) is 15.5. The van der Waals surface area contributed by atoms with Crippen molar-refractivity contribution in [2.45, 2.75) is 18.8 Å². The molecule has 0 spiro atoms. The number of halogens is 1. The summed E-state index contributed by atoms with van der Waals surface area (Å²) in [6.45, 7) is 1.11. The first kappa shape index (κ1) is 19.9. The van der Waals surface area contributed by atoms with Crippen molar-refractivity contribution in [3.8, 4) is 0 Å². The summed E-state index contributed by atoms with van der Waals surface area (Å²) in [5.74, 6) is -2.19. The van der Waals surface area contributed by atoms with Crippen LogP contribution in [-0.4, -0.2) is 28.7 Å². The number of hydrogen-bond donors (Lipinski definition) is 1. The van der Waals surface area contributed by atoms with Crippen LogP contribution in [0.5, 0.6) is 0 Å². The number of Topliss-reactive ketones (excluding diaryl/α,β-unsaturated/α-hetero) is 1. The molecule has 28 heavy (non-hydrogen) atoms. The minimum atomic E-state index is -3.43. The van der Waals surface area contributed by atoms with Gasteiger partial charge in [-0.05, 0) is 0 Å². The van der Waals surface area contributed by atoms with Gasteiger partial charge in [0.2, 0.25) is 0 Å². The van der Waals surface area contributed by atoms with E-state index in [4.69, 9.17) is 0 Å². The Kier molecular flexibility index (Phi) is 6.01. The molecule has 3 aromatic carbocycles. The van der Waals surface area contributed by atoms with E-state index in [2.05, 4.69) is 0 Å². The molecule has 3 nitrogen and oxygen atoms in total. The molecule has 0 aromatic heterocycles. The summed E-state index contributed by atoms with van der Waals surface area (Å²) in [4.78, 5) is 25.4. The number of carbonyl (C=O) groups is 2. The van der Waals surface area contributed by atoms with E-state index >= 15 is 0 Å². The zero-order chi connectivity index (χ0) is 20.1. The maximum atomic E-state index is 14.2. The first-order valence-electron chi connectivity index (χ1n) is 9.06. The Bertz CT molecular complexity index is 847. The van der Waals surface area contributed by atoms with E-state index < -0.39 is 30.8 Å². The molecule has 2 unspecified atom stereocenters. The number of carboxylic acids is 1. The number of alkyl halides is 1. The van der Waals surface area contributed by atoms with Gasteiger partial charge >= 0.3 is 164 Å². The average Bonchev–Trinajstić information content (AvgIpc) is 2.73. The second-order valence-corrected chi connectivity index (χ2v) is 10.6. The molecule has 144 valence electrons. The van der Waals surface area contributed by atoms with E-state index in [9.17, 15) is 19.1 Å². The molecule has 0 bridgehead atoms. The van der Waals surface area contributed by atoms with Crippen LogP contribution in [-0.2, 0) is 9.59 Å². The van der Waals surface area contributed by atoms with Gasteiger partial charge in [0, 0.05) is 0 Å². The number of aliphatic carboxylic acids is 1. The van der Waals surface area contributed by atoms with Crippen LogP contribution >= 0.6 is 7.26 Å². The van der Waals surface area contributed by atoms with Crippen molar-refractivity contribution in [3.63, 3.8) is 0 Å². The van der Waals surface area contributed by atoms with E-state index in [1.165, 1.54) is 0 Å². The molecule has 0 saturated heterocycles. The Balaban J connectivity index is 2.47. The van der Waals surface area contributed by atoms with Gasteiger partial charge in [-0.2, -0.15) is 0 Å². The molecular formula is C23H22FO3P. The van der Waals surface area contributed by atoms with Gasteiger partial charge in [-0.3, -0.25) is 0 Å². The molecule has 2 atom stereocenters. The molecule has 0 aliphatic heterocycles. The molecule has 3 rings (SSSR count). The molecule has 0 amide bonds. The molecule has 1 N–H and O–H groups in total. The Hall–Kier alpha value is -2.84. The first-order valence-corrected chi connectivity index (χ1v) is 11.1. The first-order chi connectivity index (χ1) is 13.5. The fraction of sp³-hybridized carbons (Fsp3) is 0.130. The summed E-state index contributed by atoms with van der Waals surface area (Å²) in [6.07, 6.45) is -1.87. The fourth-order valence-electron chi connectivity index (χ4n) is 3.85. The van der Waals surface area contributed by atoms with Gasteiger partial charge in [0.15, 0.2) is 0 Å². The van der Waals surface area contributed by atoms with Crippen LogP contribution in [0.2, 0.25) is 0 Å². The van der Waals surface area contributed by atoms with Crippen molar-refractivity contribution >= 4 is 34.9 Å². The average molecular weight is 396 g/mol. The third kappa shape index (κ3) is 3.48. The number of rotatable bonds is 7. The Morgan fingerprint density at radius 1 is 0.750 bits per heavy atom. The molecule has 0 fully saturated rings. The molecule has 3 aromatic rings. The third-order valence-electron chi connectivity index (χ3n) is 5.04. The summed E-state index contributed by atoms with van der Waals surface area (Å²) in [6, 6.07) is 27.5. The Morgan fingerprint density at radius 2 is 1.07 bits per heavy atom. The second-order valence-electron chi connectivity index (χ2n) is 6.70. The van der Waals surface area contributed by atoms with E-state index in [1.807, 2.05) is 91.0 Å². The number of carbonyl (C=O) groups excluding carboxylic acids is 1. The van der Waals surface area contributed by atoms with E-state index in [0.29, 0.717) is 0 Å². The molecule has 0 aliphatic carbocycles. The summed E-state index contributed by atoms with van der Waals surface area (Å²) < 4.78 is 14.2. The van der Waals surface area contributed by atoms with Gasteiger partial charge in [-0.25, -0.2) is 0 Å². The van der Waals surface area contributed by atoms with Gasteiger partial charge in [0.1, 0.15) is 0 Å². The van der Waals surface area contributed by atoms with Crippen molar-refractivity contribution < 1.29 is 19.1 Å². The molecule has 5 heteroatoms. The second kappa shape index (κ2) is 8.45. The van der Waals surface area contributed by atoms with Gasteiger partial charge in [0.25, 0.3) is 0 Å². The third-order valence-corrected chi connectivity index (χ3v) is 10.2. The predicted molar refractivity (Wildman–Crippen MR) is 114 cm³/mol. The molecule has 0 radical (unpaired) electrons. The summed E-state index contributed by atoms with van der Waals surface area (Å²) in [7, 11) is -3.43. The van der Waals surface area contributed by atoms with Gasteiger partial charge in [-0.15, -0.1) is 0 Å². The van der Waals surface area contributed by atoms with Gasteiger partial charge < -0.3 is 0 Å². The zero-order valence-corrected chi connectivity index (χ0v) is 16.5. The van der Waals surface area contributed by atoms with Crippen molar-refractivity contribution in [2.24, 2.45) is 0 Å². The SMILES string of the molecule is CC(F)C(=O)C(C(=O)O)[PH](c1ccccc1)(c1ccccc1)c1ccccc1. The summed E-state index contributed by atoms with van der Waals surface area (Å²) in [5, 5.41) is 12.4. The fourth-order valence-corrected chi connectivity index (χ4v) is 9.03.